The van der Waals surface area contributed by atoms with Crippen molar-refractivity contribution in [1.82, 2.24) is 0 Å². The zero-order valence-corrected chi connectivity index (χ0v) is 26.5. The molecule has 0 saturated carbocycles. The fraction of sp³-hybridized carbons (Fsp3) is 0. The van der Waals surface area contributed by atoms with E-state index in [9.17, 15) is 0 Å². The molecule has 0 aliphatic heterocycles. The highest BCUT2D eigenvalue weighted by Gasteiger charge is 2.22. The first kappa shape index (κ1) is 27.5. The summed E-state index contributed by atoms with van der Waals surface area (Å²) in [4.78, 5) is 2.30. The molecule has 0 spiro atoms. The van der Waals surface area contributed by atoms with E-state index in [2.05, 4.69) is 169 Å². The Hall–Kier alpha value is -6.58. The maximum atomic E-state index is 6.87. The molecule has 10 aromatic rings. The topological polar surface area (TPSA) is 29.5 Å². The number of para-hydroxylation sites is 1. The van der Waals surface area contributed by atoms with Gasteiger partial charge in [-0.3, -0.25) is 0 Å². The Bertz CT molecular complexity index is 2710. The van der Waals surface area contributed by atoms with Crippen molar-refractivity contribution in [1.29, 1.82) is 0 Å². The smallest absolute Gasteiger partial charge is 0.147 e. The Morgan fingerprint density at radius 1 is 0.306 bits per heavy atom. The van der Waals surface area contributed by atoms with E-state index in [-0.39, 0.29) is 0 Å². The lowest BCUT2D eigenvalue weighted by molar-refractivity contribution is 0.665. The van der Waals surface area contributed by atoms with Crippen LogP contribution >= 0.6 is 0 Å². The van der Waals surface area contributed by atoms with Crippen molar-refractivity contribution in [3.63, 3.8) is 0 Å². The van der Waals surface area contributed by atoms with Crippen molar-refractivity contribution in [3.05, 3.63) is 176 Å². The predicted octanol–water partition coefficient (Wildman–Crippen LogP) is 13.4. The fourth-order valence-electron chi connectivity index (χ4n) is 7.34. The van der Waals surface area contributed by atoms with E-state index in [1.165, 1.54) is 22.3 Å². The molecule has 0 saturated heterocycles. The summed E-state index contributed by atoms with van der Waals surface area (Å²) < 4.78 is 13.3. The molecule has 2 aromatic heterocycles. The predicted molar refractivity (Wildman–Crippen MR) is 204 cm³/mol. The summed E-state index contributed by atoms with van der Waals surface area (Å²) in [6.07, 6.45) is 0. The minimum Gasteiger partial charge on any atom is -0.455 e. The molecule has 0 atom stereocenters. The molecule has 2 heterocycles. The third kappa shape index (κ3) is 4.44. The summed E-state index contributed by atoms with van der Waals surface area (Å²) in [5.74, 6) is 0. The van der Waals surface area contributed by atoms with Crippen molar-refractivity contribution in [3.8, 4) is 22.3 Å². The average molecular weight is 628 g/mol. The molecular weight excluding hydrogens is 599 g/mol. The Morgan fingerprint density at radius 2 is 0.776 bits per heavy atom. The molecule has 8 aromatic carbocycles. The number of benzene rings is 8. The van der Waals surface area contributed by atoms with Gasteiger partial charge in [0.1, 0.15) is 22.3 Å². The number of furan rings is 2. The van der Waals surface area contributed by atoms with Crippen LogP contribution in [0.1, 0.15) is 0 Å². The summed E-state index contributed by atoms with van der Waals surface area (Å²) in [5.41, 5.74) is 11.3. The van der Waals surface area contributed by atoms with Crippen LogP contribution in [-0.4, -0.2) is 0 Å². The second kappa shape index (κ2) is 11.0. The molecular formula is C46H29NO2. The molecule has 49 heavy (non-hydrogen) atoms. The van der Waals surface area contributed by atoms with Crippen LogP contribution in [0.3, 0.4) is 0 Å². The van der Waals surface area contributed by atoms with E-state index < -0.39 is 0 Å². The third-order valence-corrected chi connectivity index (χ3v) is 9.66. The normalized spacial score (nSPS) is 11.7. The summed E-state index contributed by atoms with van der Waals surface area (Å²) in [5, 5.41) is 6.49. The first-order chi connectivity index (χ1) is 24.3. The van der Waals surface area contributed by atoms with E-state index >= 15 is 0 Å². The van der Waals surface area contributed by atoms with E-state index in [0.717, 1.165) is 71.7 Å². The van der Waals surface area contributed by atoms with Gasteiger partial charge in [0.15, 0.2) is 0 Å². The zero-order valence-electron chi connectivity index (χ0n) is 26.5. The molecule has 0 amide bonds. The molecule has 0 radical (unpaired) electrons. The number of hydrogen-bond donors (Lipinski definition) is 0. The second-order valence-corrected chi connectivity index (χ2v) is 12.5. The summed E-state index contributed by atoms with van der Waals surface area (Å²) in [6.45, 7) is 0. The second-order valence-electron chi connectivity index (χ2n) is 12.5. The summed E-state index contributed by atoms with van der Waals surface area (Å²) in [6, 6.07) is 61.9. The average Bonchev–Trinajstić information content (AvgIpc) is 3.75. The molecule has 230 valence electrons. The van der Waals surface area contributed by atoms with E-state index in [1.54, 1.807) is 0 Å². The lowest BCUT2D eigenvalue weighted by Gasteiger charge is -2.26. The van der Waals surface area contributed by atoms with Gasteiger partial charge in [0.2, 0.25) is 0 Å². The third-order valence-electron chi connectivity index (χ3n) is 9.66. The molecule has 0 N–H and O–H groups in total. The molecule has 0 bridgehead atoms. The van der Waals surface area contributed by atoms with Crippen LogP contribution in [-0.2, 0) is 0 Å². The van der Waals surface area contributed by atoms with Crippen molar-refractivity contribution >= 4 is 71.7 Å². The van der Waals surface area contributed by atoms with Gasteiger partial charge in [-0.1, -0.05) is 127 Å². The van der Waals surface area contributed by atoms with Gasteiger partial charge in [-0.05, 0) is 70.1 Å². The van der Waals surface area contributed by atoms with Crippen LogP contribution in [0.4, 0.5) is 17.1 Å². The number of anilines is 3. The highest BCUT2D eigenvalue weighted by atomic mass is 16.3. The van der Waals surface area contributed by atoms with Crippen molar-refractivity contribution in [2.24, 2.45) is 0 Å². The van der Waals surface area contributed by atoms with Crippen molar-refractivity contribution in [2.75, 3.05) is 4.90 Å². The number of fused-ring (bicyclic) bond motifs is 10. The van der Waals surface area contributed by atoms with Crippen LogP contribution in [0, 0.1) is 0 Å². The van der Waals surface area contributed by atoms with E-state index in [4.69, 9.17) is 8.83 Å². The number of rotatable bonds is 5. The van der Waals surface area contributed by atoms with Gasteiger partial charge in [-0.25, -0.2) is 0 Å². The Balaban J connectivity index is 1.18. The molecule has 3 nitrogen and oxygen atoms in total. The minimum atomic E-state index is 0.835. The Labute approximate surface area is 282 Å². The van der Waals surface area contributed by atoms with Crippen LogP contribution < -0.4 is 4.90 Å². The lowest BCUT2D eigenvalue weighted by atomic mass is 9.99. The molecule has 10 rings (SSSR count). The maximum Gasteiger partial charge on any atom is 0.147 e. The lowest BCUT2D eigenvalue weighted by Crippen LogP contribution is -2.09. The minimum absolute atomic E-state index is 0.835. The largest absolute Gasteiger partial charge is 0.455 e. The fourth-order valence-corrected chi connectivity index (χ4v) is 7.34. The Kier molecular flexibility index (Phi) is 6.18. The van der Waals surface area contributed by atoms with Gasteiger partial charge >= 0.3 is 0 Å². The summed E-state index contributed by atoms with van der Waals surface area (Å²) in [7, 11) is 0. The molecule has 0 aliphatic rings. The van der Waals surface area contributed by atoms with Crippen LogP contribution in [0.2, 0.25) is 0 Å². The summed E-state index contributed by atoms with van der Waals surface area (Å²) >= 11 is 0. The Morgan fingerprint density at radius 3 is 1.41 bits per heavy atom. The standard InChI is InChI=1S/C46H29NO2/c1-3-11-30(12-4-1)32-19-23-34(24-20-32)47(35-25-21-33(22-26-35)31-13-5-2-6-14-31)36-27-28-40-42(29-36)49-46-43(40)37-15-7-8-16-38(37)45-44(46)39-17-9-10-18-41(39)48-45/h1-29H. The van der Waals surface area contributed by atoms with Crippen molar-refractivity contribution in [2.45, 2.75) is 0 Å². The van der Waals surface area contributed by atoms with Gasteiger partial charge in [0.05, 0.1) is 5.39 Å². The highest BCUT2D eigenvalue weighted by Crippen LogP contribution is 2.46. The first-order valence-corrected chi connectivity index (χ1v) is 16.6. The SMILES string of the molecule is c1ccc(-c2ccc(N(c3ccc(-c4ccccc4)cc3)c3ccc4c(c3)oc3c4c4ccccc4c4oc5ccccc5c43)cc2)cc1. The van der Waals surface area contributed by atoms with Crippen molar-refractivity contribution < 1.29 is 8.83 Å². The maximum absolute atomic E-state index is 6.87. The van der Waals surface area contributed by atoms with Crippen LogP contribution in [0.15, 0.2) is 185 Å². The van der Waals surface area contributed by atoms with Gasteiger partial charge in [0.25, 0.3) is 0 Å². The van der Waals surface area contributed by atoms with E-state index in [1.807, 2.05) is 12.1 Å². The molecule has 0 aliphatic carbocycles. The zero-order chi connectivity index (χ0) is 32.3. The monoisotopic (exact) mass is 627 g/mol. The number of hydrogen-bond acceptors (Lipinski definition) is 3. The van der Waals surface area contributed by atoms with Crippen LogP contribution in [0.5, 0.6) is 0 Å². The molecule has 0 unspecified atom stereocenters. The molecule has 3 heteroatoms. The van der Waals surface area contributed by atoms with Gasteiger partial charge in [-0.15, -0.1) is 0 Å². The number of nitrogens with zero attached hydrogens (tertiary/aromatic N) is 1. The van der Waals surface area contributed by atoms with Crippen LogP contribution in [0.25, 0.3) is 76.9 Å². The van der Waals surface area contributed by atoms with Gasteiger partial charge in [0, 0.05) is 44.7 Å². The molecule has 0 fully saturated rings. The van der Waals surface area contributed by atoms with Gasteiger partial charge < -0.3 is 13.7 Å². The quantitative estimate of drug-likeness (QED) is 0.190. The van der Waals surface area contributed by atoms with Gasteiger partial charge in [-0.2, -0.15) is 0 Å². The first-order valence-electron chi connectivity index (χ1n) is 16.6. The highest BCUT2D eigenvalue weighted by molar-refractivity contribution is 6.33. The van der Waals surface area contributed by atoms with E-state index in [0.29, 0.717) is 0 Å².